The van der Waals surface area contributed by atoms with E-state index in [4.69, 9.17) is 0 Å². The fourth-order valence-corrected chi connectivity index (χ4v) is 4.44. The van der Waals surface area contributed by atoms with Gasteiger partial charge in [0.25, 0.3) is 0 Å². The molecular formula is C17H31N3O. The SMILES string of the molecule is CC1CCCCN1C(=O)CN1CCCCC1C1CCCN1. The van der Waals surface area contributed by atoms with Crippen molar-refractivity contribution in [2.75, 3.05) is 26.2 Å². The van der Waals surface area contributed by atoms with Crippen molar-refractivity contribution in [3.63, 3.8) is 0 Å². The lowest BCUT2D eigenvalue weighted by atomic mass is 9.94. The molecule has 0 aliphatic carbocycles. The zero-order valence-corrected chi connectivity index (χ0v) is 13.5. The van der Waals surface area contributed by atoms with Crippen LogP contribution in [0.2, 0.25) is 0 Å². The monoisotopic (exact) mass is 293 g/mol. The third-order valence-corrected chi connectivity index (χ3v) is 5.69. The lowest BCUT2D eigenvalue weighted by Gasteiger charge is -2.41. The third kappa shape index (κ3) is 3.59. The predicted molar refractivity (Wildman–Crippen MR) is 85.3 cm³/mol. The molecule has 0 aromatic carbocycles. The zero-order valence-electron chi connectivity index (χ0n) is 13.5. The number of nitrogens with zero attached hydrogens (tertiary/aromatic N) is 2. The Labute approximate surface area is 129 Å². The molecule has 3 saturated heterocycles. The van der Waals surface area contributed by atoms with Crippen LogP contribution in [0.3, 0.4) is 0 Å². The third-order valence-electron chi connectivity index (χ3n) is 5.69. The Morgan fingerprint density at radius 3 is 2.62 bits per heavy atom. The van der Waals surface area contributed by atoms with Crippen LogP contribution in [0.1, 0.15) is 58.3 Å². The average molecular weight is 293 g/mol. The maximum absolute atomic E-state index is 12.7. The first-order chi connectivity index (χ1) is 10.3. The predicted octanol–water partition coefficient (Wildman–Crippen LogP) is 1.99. The number of piperidine rings is 2. The normalized spacial score (nSPS) is 35.1. The lowest BCUT2D eigenvalue weighted by Crippen LogP contribution is -2.54. The van der Waals surface area contributed by atoms with Crippen molar-refractivity contribution in [1.82, 2.24) is 15.1 Å². The molecule has 3 heterocycles. The van der Waals surface area contributed by atoms with E-state index in [1.54, 1.807) is 0 Å². The van der Waals surface area contributed by atoms with Crippen molar-refractivity contribution >= 4 is 5.91 Å². The summed E-state index contributed by atoms with van der Waals surface area (Å²) in [5.74, 6) is 0.368. The molecule has 3 aliphatic heterocycles. The standard InChI is InChI=1S/C17H31N3O/c1-14-7-2-5-12-20(14)17(21)13-19-11-4-3-9-16(19)15-8-6-10-18-15/h14-16,18H,2-13H2,1H3. The van der Waals surface area contributed by atoms with Gasteiger partial charge in [0.2, 0.25) is 5.91 Å². The van der Waals surface area contributed by atoms with Crippen LogP contribution in [0.15, 0.2) is 0 Å². The minimum Gasteiger partial charge on any atom is -0.339 e. The van der Waals surface area contributed by atoms with E-state index in [9.17, 15) is 4.79 Å². The van der Waals surface area contributed by atoms with Gasteiger partial charge in [-0.05, 0) is 65.0 Å². The Balaban J connectivity index is 1.59. The lowest BCUT2D eigenvalue weighted by molar-refractivity contribution is -0.136. The van der Waals surface area contributed by atoms with E-state index in [1.165, 1.54) is 51.4 Å². The minimum absolute atomic E-state index is 0.368. The molecule has 21 heavy (non-hydrogen) atoms. The summed E-state index contributed by atoms with van der Waals surface area (Å²) in [6.07, 6.45) is 10.1. The number of hydrogen-bond donors (Lipinski definition) is 1. The molecule has 3 unspecified atom stereocenters. The molecule has 0 saturated carbocycles. The molecule has 1 N–H and O–H groups in total. The van der Waals surface area contributed by atoms with E-state index in [1.807, 2.05) is 0 Å². The maximum Gasteiger partial charge on any atom is 0.236 e. The van der Waals surface area contributed by atoms with Crippen LogP contribution in [0.4, 0.5) is 0 Å². The van der Waals surface area contributed by atoms with Gasteiger partial charge in [-0.3, -0.25) is 9.69 Å². The second kappa shape index (κ2) is 7.10. The van der Waals surface area contributed by atoms with E-state index in [2.05, 4.69) is 22.0 Å². The van der Waals surface area contributed by atoms with Crippen LogP contribution >= 0.6 is 0 Å². The van der Waals surface area contributed by atoms with Crippen molar-refractivity contribution in [3.8, 4) is 0 Å². The van der Waals surface area contributed by atoms with Crippen LogP contribution in [0.25, 0.3) is 0 Å². The van der Waals surface area contributed by atoms with Crippen molar-refractivity contribution in [3.05, 3.63) is 0 Å². The summed E-state index contributed by atoms with van der Waals surface area (Å²) in [5, 5.41) is 3.65. The Bertz CT molecular complexity index is 354. The molecule has 120 valence electrons. The first-order valence-electron chi connectivity index (χ1n) is 9.02. The molecule has 0 bridgehead atoms. The quantitative estimate of drug-likeness (QED) is 0.864. The summed E-state index contributed by atoms with van der Waals surface area (Å²) in [5.41, 5.74) is 0. The topological polar surface area (TPSA) is 35.6 Å². The maximum atomic E-state index is 12.7. The Morgan fingerprint density at radius 2 is 1.86 bits per heavy atom. The van der Waals surface area contributed by atoms with Gasteiger partial charge in [-0.1, -0.05) is 6.42 Å². The van der Waals surface area contributed by atoms with Gasteiger partial charge in [0.1, 0.15) is 0 Å². The highest BCUT2D eigenvalue weighted by atomic mass is 16.2. The number of rotatable bonds is 3. The number of likely N-dealkylation sites (tertiary alicyclic amines) is 2. The largest absolute Gasteiger partial charge is 0.339 e. The Hall–Kier alpha value is -0.610. The highest BCUT2D eigenvalue weighted by molar-refractivity contribution is 5.78. The first kappa shape index (κ1) is 15.3. The van der Waals surface area contributed by atoms with Gasteiger partial charge in [-0.15, -0.1) is 0 Å². The van der Waals surface area contributed by atoms with Gasteiger partial charge in [-0.2, -0.15) is 0 Å². The van der Waals surface area contributed by atoms with E-state index in [0.717, 1.165) is 19.6 Å². The smallest absolute Gasteiger partial charge is 0.236 e. The van der Waals surface area contributed by atoms with E-state index < -0.39 is 0 Å². The Morgan fingerprint density at radius 1 is 1.05 bits per heavy atom. The average Bonchev–Trinajstić information content (AvgIpc) is 3.02. The van der Waals surface area contributed by atoms with Gasteiger partial charge < -0.3 is 10.2 Å². The van der Waals surface area contributed by atoms with Gasteiger partial charge in [0.05, 0.1) is 6.54 Å². The molecule has 0 radical (unpaired) electrons. The molecule has 4 nitrogen and oxygen atoms in total. The number of amides is 1. The molecule has 4 heteroatoms. The number of carbonyl (C=O) groups is 1. The molecule has 0 aromatic rings. The molecule has 0 aromatic heterocycles. The van der Waals surface area contributed by atoms with Crippen molar-refractivity contribution in [2.45, 2.75) is 76.4 Å². The number of nitrogens with one attached hydrogen (secondary N) is 1. The van der Waals surface area contributed by atoms with Crippen LogP contribution in [0.5, 0.6) is 0 Å². The van der Waals surface area contributed by atoms with Gasteiger partial charge in [0.15, 0.2) is 0 Å². The highest BCUT2D eigenvalue weighted by Crippen LogP contribution is 2.25. The van der Waals surface area contributed by atoms with Gasteiger partial charge in [-0.25, -0.2) is 0 Å². The summed E-state index contributed by atoms with van der Waals surface area (Å²) in [7, 11) is 0. The van der Waals surface area contributed by atoms with Crippen molar-refractivity contribution in [1.29, 1.82) is 0 Å². The zero-order chi connectivity index (χ0) is 14.7. The van der Waals surface area contributed by atoms with Crippen LogP contribution in [-0.2, 0) is 4.79 Å². The van der Waals surface area contributed by atoms with Crippen molar-refractivity contribution in [2.24, 2.45) is 0 Å². The summed E-state index contributed by atoms with van der Waals surface area (Å²) in [6, 6.07) is 1.65. The second-order valence-corrected chi connectivity index (χ2v) is 7.17. The molecule has 0 spiro atoms. The molecule has 3 rings (SSSR count). The van der Waals surface area contributed by atoms with Gasteiger partial charge >= 0.3 is 0 Å². The first-order valence-corrected chi connectivity index (χ1v) is 9.02. The van der Waals surface area contributed by atoms with Crippen LogP contribution in [0, 0.1) is 0 Å². The van der Waals surface area contributed by atoms with E-state index in [0.29, 0.717) is 30.6 Å². The number of hydrogen-bond acceptors (Lipinski definition) is 3. The molecule has 3 atom stereocenters. The summed E-state index contributed by atoms with van der Waals surface area (Å²) in [6.45, 7) is 6.10. The minimum atomic E-state index is 0.368. The fourth-order valence-electron chi connectivity index (χ4n) is 4.44. The van der Waals surface area contributed by atoms with E-state index in [-0.39, 0.29) is 0 Å². The molecule has 3 aliphatic rings. The number of carbonyl (C=O) groups excluding carboxylic acids is 1. The highest BCUT2D eigenvalue weighted by Gasteiger charge is 2.34. The van der Waals surface area contributed by atoms with E-state index >= 15 is 0 Å². The van der Waals surface area contributed by atoms with Crippen LogP contribution in [-0.4, -0.2) is 60.0 Å². The molecule has 3 fully saturated rings. The molecule has 1 amide bonds. The summed E-state index contributed by atoms with van der Waals surface area (Å²) >= 11 is 0. The molecular weight excluding hydrogens is 262 g/mol. The summed E-state index contributed by atoms with van der Waals surface area (Å²) < 4.78 is 0. The second-order valence-electron chi connectivity index (χ2n) is 7.17. The Kier molecular flexibility index (Phi) is 5.17. The van der Waals surface area contributed by atoms with Gasteiger partial charge in [0, 0.05) is 24.7 Å². The van der Waals surface area contributed by atoms with Crippen LogP contribution < -0.4 is 5.32 Å². The fraction of sp³-hybridized carbons (Fsp3) is 0.941. The summed E-state index contributed by atoms with van der Waals surface area (Å²) in [4.78, 5) is 17.3. The van der Waals surface area contributed by atoms with Crippen molar-refractivity contribution < 1.29 is 4.79 Å².